The van der Waals surface area contributed by atoms with Crippen LogP contribution in [0.2, 0.25) is 0 Å². The molecule has 8 heteroatoms. The van der Waals surface area contributed by atoms with Crippen LogP contribution in [0.15, 0.2) is 42.9 Å². The van der Waals surface area contributed by atoms with Crippen molar-refractivity contribution in [3.05, 3.63) is 48.4 Å². The standard InChI is InChI=1S/C23H24N6O2/c1-23(2,12-30)27-22(31)13-5-6-15-17(11-28(3)19(15)7-13)18-8-16-20-14(10-25-29(20)4)9-24-21(16)26-18/h5-11,30H,12H2,1-4H3,(H,24,26)(H,27,31). The van der Waals surface area contributed by atoms with Crippen molar-refractivity contribution in [2.75, 3.05) is 6.61 Å². The Bertz CT molecular complexity index is 1470. The zero-order valence-electron chi connectivity index (χ0n) is 17.9. The van der Waals surface area contributed by atoms with Gasteiger partial charge in [0, 0.05) is 65.0 Å². The van der Waals surface area contributed by atoms with Crippen LogP contribution in [0, 0.1) is 0 Å². The Hall–Kier alpha value is -3.65. The molecular weight excluding hydrogens is 392 g/mol. The molecule has 5 rings (SSSR count). The molecule has 158 valence electrons. The monoisotopic (exact) mass is 416 g/mol. The summed E-state index contributed by atoms with van der Waals surface area (Å²) in [6, 6.07) is 7.76. The van der Waals surface area contributed by atoms with E-state index in [4.69, 9.17) is 0 Å². The van der Waals surface area contributed by atoms with Crippen molar-refractivity contribution in [2.24, 2.45) is 14.1 Å². The number of carbonyl (C=O) groups is 1. The van der Waals surface area contributed by atoms with E-state index in [-0.39, 0.29) is 12.5 Å². The number of carbonyl (C=O) groups excluding carboxylic acids is 1. The number of amides is 1. The number of aromatic nitrogens is 5. The van der Waals surface area contributed by atoms with Crippen LogP contribution >= 0.6 is 0 Å². The molecule has 0 unspecified atom stereocenters. The predicted molar refractivity (Wildman–Crippen MR) is 121 cm³/mol. The second-order valence-corrected chi connectivity index (χ2v) is 8.66. The van der Waals surface area contributed by atoms with Crippen molar-refractivity contribution in [1.82, 2.24) is 29.6 Å². The van der Waals surface area contributed by atoms with Gasteiger partial charge >= 0.3 is 0 Å². The van der Waals surface area contributed by atoms with E-state index in [0.29, 0.717) is 5.56 Å². The van der Waals surface area contributed by atoms with Crippen LogP contribution < -0.4 is 5.32 Å². The third-order valence-corrected chi connectivity index (χ3v) is 5.74. The molecule has 5 aromatic rings. The molecule has 0 radical (unpaired) electrons. The summed E-state index contributed by atoms with van der Waals surface area (Å²) in [5.41, 5.74) is 4.66. The Labute approximate surface area is 178 Å². The van der Waals surface area contributed by atoms with Crippen molar-refractivity contribution in [3.63, 3.8) is 0 Å². The molecule has 0 aliphatic heterocycles. The van der Waals surface area contributed by atoms with Gasteiger partial charge in [-0.25, -0.2) is 4.98 Å². The maximum absolute atomic E-state index is 12.6. The number of aromatic amines is 1. The molecule has 8 nitrogen and oxygen atoms in total. The number of rotatable bonds is 4. The molecule has 31 heavy (non-hydrogen) atoms. The lowest BCUT2D eigenvalue weighted by molar-refractivity contribution is 0.0869. The van der Waals surface area contributed by atoms with Crippen molar-refractivity contribution in [3.8, 4) is 11.3 Å². The van der Waals surface area contributed by atoms with Gasteiger partial charge in [0.15, 0.2) is 0 Å². The number of nitrogens with one attached hydrogen (secondary N) is 2. The van der Waals surface area contributed by atoms with E-state index >= 15 is 0 Å². The summed E-state index contributed by atoms with van der Waals surface area (Å²) in [5, 5.41) is 19.7. The summed E-state index contributed by atoms with van der Waals surface area (Å²) in [6.45, 7) is 3.44. The number of hydrogen-bond acceptors (Lipinski definition) is 4. The van der Waals surface area contributed by atoms with E-state index in [9.17, 15) is 9.90 Å². The highest BCUT2D eigenvalue weighted by atomic mass is 16.3. The molecule has 0 spiro atoms. The fraction of sp³-hybridized carbons (Fsp3) is 0.261. The molecule has 0 aliphatic rings. The first-order chi connectivity index (χ1) is 14.8. The van der Waals surface area contributed by atoms with Gasteiger partial charge in [0.25, 0.3) is 5.91 Å². The summed E-state index contributed by atoms with van der Waals surface area (Å²) in [6.07, 6.45) is 5.69. The zero-order chi connectivity index (χ0) is 21.9. The molecule has 0 saturated carbocycles. The number of benzene rings is 1. The minimum atomic E-state index is -0.681. The number of aliphatic hydroxyl groups excluding tert-OH is 1. The molecule has 0 fully saturated rings. The van der Waals surface area contributed by atoms with Gasteiger partial charge in [-0.15, -0.1) is 0 Å². The minimum absolute atomic E-state index is 0.131. The number of H-pyrrole nitrogens is 1. The summed E-state index contributed by atoms with van der Waals surface area (Å²) in [4.78, 5) is 20.6. The highest BCUT2D eigenvalue weighted by Gasteiger charge is 2.21. The van der Waals surface area contributed by atoms with Crippen LogP contribution in [-0.2, 0) is 14.1 Å². The van der Waals surface area contributed by atoms with E-state index in [1.165, 1.54) is 0 Å². The molecule has 1 aromatic carbocycles. The summed E-state index contributed by atoms with van der Waals surface area (Å²) < 4.78 is 3.87. The Morgan fingerprint density at radius 2 is 2.00 bits per heavy atom. The van der Waals surface area contributed by atoms with Gasteiger partial charge in [-0.05, 0) is 32.0 Å². The van der Waals surface area contributed by atoms with Crippen molar-refractivity contribution >= 4 is 38.7 Å². The largest absolute Gasteiger partial charge is 0.394 e. The average Bonchev–Trinajstić information content (AvgIpc) is 3.42. The fourth-order valence-corrected chi connectivity index (χ4v) is 4.04. The highest BCUT2D eigenvalue weighted by Crippen LogP contribution is 2.34. The van der Waals surface area contributed by atoms with Gasteiger partial charge in [0.1, 0.15) is 5.65 Å². The van der Waals surface area contributed by atoms with Crippen LogP contribution in [0.4, 0.5) is 0 Å². The van der Waals surface area contributed by atoms with Gasteiger partial charge in [-0.3, -0.25) is 9.48 Å². The average molecular weight is 416 g/mol. The molecule has 1 amide bonds. The Morgan fingerprint density at radius 3 is 2.77 bits per heavy atom. The maximum Gasteiger partial charge on any atom is 0.251 e. The summed E-state index contributed by atoms with van der Waals surface area (Å²) >= 11 is 0. The van der Waals surface area contributed by atoms with Crippen LogP contribution in [0.3, 0.4) is 0 Å². The minimum Gasteiger partial charge on any atom is -0.394 e. The lowest BCUT2D eigenvalue weighted by Gasteiger charge is -2.23. The Kier molecular flexibility index (Phi) is 4.16. The smallest absolute Gasteiger partial charge is 0.251 e. The maximum atomic E-state index is 12.6. The number of aliphatic hydroxyl groups is 1. The molecule has 0 atom stereocenters. The van der Waals surface area contributed by atoms with Crippen molar-refractivity contribution < 1.29 is 9.90 Å². The Balaban J connectivity index is 1.61. The second-order valence-electron chi connectivity index (χ2n) is 8.66. The highest BCUT2D eigenvalue weighted by molar-refractivity contribution is 6.07. The number of hydrogen-bond donors (Lipinski definition) is 3. The number of aryl methyl sites for hydroxylation is 2. The molecule has 0 bridgehead atoms. The molecule has 0 aliphatic carbocycles. The molecule has 4 heterocycles. The molecule has 4 aromatic heterocycles. The van der Waals surface area contributed by atoms with Crippen molar-refractivity contribution in [1.29, 1.82) is 0 Å². The summed E-state index contributed by atoms with van der Waals surface area (Å²) in [7, 11) is 3.89. The third kappa shape index (κ3) is 3.07. The van der Waals surface area contributed by atoms with Gasteiger partial charge in [0.05, 0.1) is 23.9 Å². The van der Waals surface area contributed by atoms with Gasteiger partial charge in [-0.2, -0.15) is 5.10 Å². The fourth-order valence-electron chi connectivity index (χ4n) is 4.04. The number of pyridine rings is 1. The van der Waals surface area contributed by atoms with Crippen LogP contribution in [0.25, 0.3) is 44.1 Å². The van der Waals surface area contributed by atoms with Crippen molar-refractivity contribution in [2.45, 2.75) is 19.4 Å². The number of fused-ring (bicyclic) bond motifs is 4. The zero-order valence-corrected chi connectivity index (χ0v) is 17.9. The first-order valence-electron chi connectivity index (χ1n) is 10.1. The van der Waals surface area contributed by atoms with E-state index in [2.05, 4.69) is 32.6 Å². The predicted octanol–water partition coefficient (Wildman–Crippen LogP) is 3.11. The van der Waals surface area contributed by atoms with E-state index in [1.54, 1.807) is 13.8 Å². The van der Waals surface area contributed by atoms with Crippen LogP contribution in [0.1, 0.15) is 24.2 Å². The third-order valence-electron chi connectivity index (χ3n) is 5.74. The molecule has 0 saturated heterocycles. The molecular formula is C23H24N6O2. The molecule has 3 N–H and O–H groups in total. The summed E-state index contributed by atoms with van der Waals surface area (Å²) in [5.74, 6) is -0.211. The van der Waals surface area contributed by atoms with E-state index in [1.807, 2.05) is 53.9 Å². The SMILES string of the molecule is Cn1cc(-c2cc3c(ncc4cnn(C)c43)[nH]2)c2ccc(C(=O)NC(C)(C)CO)cc21. The van der Waals surface area contributed by atoms with E-state index in [0.717, 1.165) is 44.1 Å². The van der Waals surface area contributed by atoms with Crippen LogP contribution in [-0.4, -0.2) is 47.5 Å². The second kappa shape index (κ2) is 6.68. The quantitative estimate of drug-likeness (QED) is 0.419. The Morgan fingerprint density at radius 1 is 1.19 bits per heavy atom. The normalized spacial score (nSPS) is 12.3. The van der Waals surface area contributed by atoms with E-state index < -0.39 is 5.54 Å². The lowest BCUT2D eigenvalue weighted by atomic mass is 10.0. The van der Waals surface area contributed by atoms with Gasteiger partial charge in [-0.1, -0.05) is 6.07 Å². The van der Waals surface area contributed by atoms with Gasteiger partial charge < -0.3 is 20.0 Å². The van der Waals surface area contributed by atoms with Gasteiger partial charge in [0.2, 0.25) is 0 Å². The topological polar surface area (TPSA) is 101 Å². The lowest BCUT2D eigenvalue weighted by Crippen LogP contribution is -2.46. The first-order valence-corrected chi connectivity index (χ1v) is 10.1. The number of nitrogens with zero attached hydrogens (tertiary/aromatic N) is 4. The first kappa shape index (κ1) is 19.3. The van der Waals surface area contributed by atoms with Crippen LogP contribution in [0.5, 0.6) is 0 Å².